The van der Waals surface area contributed by atoms with Gasteiger partial charge in [-0.05, 0) is 26.5 Å². The number of rotatable bonds is 3. The fourth-order valence-electron chi connectivity index (χ4n) is 2.06. The van der Waals surface area contributed by atoms with E-state index in [1.807, 2.05) is 18.8 Å². The van der Waals surface area contributed by atoms with E-state index in [2.05, 4.69) is 48.5 Å². The first-order valence-corrected chi connectivity index (χ1v) is 5.87. The third-order valence-corrected chi connectivity index (χ3v) is 3.10. The molecule has 0 aliphatic carbocycles. The number of aromatic nitrogens is 2. The van der Waals surface area contributed by atoms with E-state index in [9.17, 15) is 0 Å². The van der Waals surface area contributed by atoms with Gasteiger partial charge in [-0.3, -0.25) is 4.68 Å². The van der Waals surface area contributed by atoms with E-state index in [0.717, 1.165) is 12.2 Å². The van der Waals surface area contributed by atoms with Gasteiger partial charge < -0.3 is 5.32 Å². The SMILES string of the molecule is CNCc1c(C)c(-c2ccc(C)cc2)nn1C. The van der Waals surface area contributed by atoms with Crippen LogP contribution in [0.3, 0.4) is 0 Å². The predicted octanol–water partition coefficient (Wildman–Crippen LogP) is 2.42. The molecule has 0 saturated carbocycles. The van der Waals surface area contributed by atoms with Crippen molar-refractivity contribution >= 4 is 0 Å². The highest BCUT2D eigenvalue weighted by molar-refractivity contribution is 5.64. The van der Waals surface area contributed by atoms with Gasteiger partial charge in [-0.15, -0.1) is 0 Å². The molecule has 1 heterocycles. The largest absolute Gasteiger partial charge is 0.314 e. The van der Waals surface area contributed by atoms with Crippen molar-refractivity contribution in [3.05, 3.63) is 41.1 Å². The smallest absolute Gasteiger partial charge is 0.0955 e. The number of aryl methyl sites for hydroxylation is 2. The molecule has 90 valence electrons. The Morgan fingerprint density at radius 1 is 1.18 bits per heavy atom. The molecule has 0 spiro atoms. The Hall–Kier alpha value is -1.61. The number of hydrogen-bond donors (Lipinski definition) is 1. The first kappa shape index (κ1) is 11.9. The van der Waals surface area contributed by atoms with Crippen LogP contribution in [0.25, 0.3) is 11.3 Å². The Morgan fingerprint density at radius 3 is 2.41 bits per heavy atom. The summed E-state index contributed by atoms with van der Waals surface area (Å²) in [5.41, 5.74) is 6.04. The Morgan fingerprint density at radius 2 is 1.82 bits per heavy atom. The van der Waals surface area contributed by atoms with Gasteiger partial charge in [0.2, 0.25) is 0 Å². The molecule has 0 bridgehead atoms. The van der Waals surface area contributed by atoms with Crippen molar-refractivity contribution in [2.45, 2.75) is 20.4 Å². The minimum absolute atomic E-state index is 0.848. The summed E-state index contributed by atoms with van der Waals surface area (Å²) < 4.78 is 1.96. The normalized spacial score (nSPS) is 10.8. The van der Waals surface area contributed by atoms with Crippen LogP contribution in [-0.2, 0) is 13.6 Å². The Bertz CT molecular complexity index is 509. The third-order valence-electron chi connectivity index (χ3n) is 3.10. The quantitative estimate of drug-likeness (QED) is 0.876. The average molecular weight is 229 g/mol. The second kappa shape index (κ2) is 4.72. The minimum atomic E-state index is 0.848. The molecule has 0 unspecified atom stereocenters. The van der Waals surface area contributed by atoms with Crippen LogP contribution in [0.2, 0.25) is 0 Å². The topological polar surface area (TPSA) is 29.9 Å². The molecule has 2 rings (SSSR count). The first-order chi connectivity index (χ1) is 8.13. The second-order valence-corrected chi connectivity index (χ2v) is 4.44. The van der Waals surface area contributed by atoms with Crippen molar-refractivity contribution in [2.75, 3.05) is 7.05 Å². The zero-order valence-corrected chi connectivity index (χ0v) is 10.9. The van der Waals surface area contributed by atoms with Crippen molar-refractivity contribution in [3.63, 3.8) is 0 Å². The van der Waals surface area contributed by atoms with Crippen molar-refractivity contribution < 1.29 is 0 Å². The standard InChI is InChI=1S/C14H19N3/c1-10-5-7-12(8-6-10)14-11(2)13(9-15-3)17(4)16-14/h5-8,15H,9H2,1-4H3. The molecule has 3 heteroatoms. The maximum absolute atomic E-state index is 4.61. The van der Waals surface area contributed by atoms with Gasteiger partial charge in [0.05, 0.1) is 11.4 Å². The number of benzene rings is 1. The second-order valence-electron chi connectivity index (χ2n) is 4.44. The highest BCUT2D eigenvalue weighted by atomic mass is 15.3. The molecule has 0 aliphatic heterocycles. The lowest BCUT2D eigenvalue weighted by atomic mass is 10.1. The van der Waals surface area contributed by atoms with Gasteiger partial charge in [-0.1, -0.05) is 29.8 Å². The Labute approximate surface area is 102 Å². The van der Waals surface area contributed by atoms with Gasteiger partial charge >= 0.3 is 0 Å². The van der Waals surface area contributed by atoms with Crippen molar-refractivity contribution in [2.24, 2.45) is 7.05 Å². The molecule has 1 aromatic carbocycles. The first-order valence-electron chi connectivity index (χ1n) is 5.87. The molecular formula is C14H19N3. The zero-order valence-electron chi connectivity index (χ0n) is 10.9. The highest BCUT2D eigenvalue weighted by Gasteiger charge is 2.12. The van der Waals surface area contributed by atoms with E-state index in [4.69, 9.17) is 0 Å². The summed E-state index contributed by atoms with van der Waals surface area (Å²) in [5.74, 6) is 0. The summed E-state index contributed by atoms with van der Waals surface area (Å²) in [6.45, 7) is 5.08. The van der Waals surface area contributed by atoms with Crippen molar-refractivity contribution in [1.82, 2.24) is 15.1 Å². The molecule has 0 atom stereocenters. The lowest BCUT2D eigenvalue weighted by molar-refractivity contribution is 0.671. The molecule has 1 N–H and O–H groups in total. The lowest BCUT2D eigenvalue weighted by Gasteiger charge is -2.02. The van der Waals surface area contributed by atoms with Crippen LogP contribution >= 0.6 is 0 Å². The predicted molar refractivity (Wildman–Crippen MR) is 70.9 cm³/mol. The molecule has 2 aromatic rings. The number of nitrogens with one attached hydrogen (secondary N) is 1. The summed E-state index contributed by atoms with van der Waals surface area (Å²) in [7, 11) is 3.95. The molecule has 0 saturated heterocycles. The molecule has 0 radical (unpaired) electrons. The van der Waals surface area contributed by atoms with Gasteiger partial charge in [0.25, 0.3) is 0 Å². The third kappa shape index (κ3) is 2.24. The molecular weight excluding hydrogens is 210 g/mol. The van der Waals surface area contributed by atoms with Crippen LogP contribution < -0.4 is 5.32 Å². The van der Waals surface area contributed by atoms with Crippen molar-refractivity contribution in [1.29, 1.82) is 0 Å². The molecule has 0 amide bonds. The maximum Gasteiger partial charge on any atom is 0.0955 e. The highest BCUT2D eigenvalue weighted by Crippen LogP contribution is 2.24. The van der Waals surface area contributed by atoms with Gasteiger partial charge in [-0.25, -0.2) is 0 Å². The summed E-state index contributed by atoms with van der Waals surface area (Å²) >= 11 is 0. The van der Waals surface area contributed by atoms with Gasteiger partial charge in [-0.2, -0.15) is 5.10 Å². The zero-order chi connectivity index (χ0) is 12.4. The summed E-state index contributed by atoms with van der Waals surface area (Å²) in [6.07, 6.45) is 0. The Balaban J connectivity index is 2.46. The van der Waals surface area contributed by atoms with E-state index >= 15 is 0 Å². The fraction of sp³-hybridized carbons (Fsp3) is 0.357. The van der Waals surface area contributed by atoms with Crippen LogP contribution in [0.15, 0.2) is 24.3 Å². The average Bonchev–Trinajstić information content (AvgIpc) is 2.59. The number of hydrogen-bond acceptors (Lipinski definition) is 2. The van der Waals surface area contributed by atoms with Crippen LogP contribution in [0, 0.1) is 13.8 Å². The van der Waals surface area contributed by atoms with Crippen molar-refractivity contribution in [3.8, 4) is 11.3 Å². The van der Waals surface area contributed by atoms with E-state index in [1.54, 1.807) is 0 Å². The summed E-state index contributed by atoms with van der Waals surface area (Å²) in [6, 6.07) is 8.52. The lowest BCUT2D eigenvalue weighted by Crippen LogP contribution is -2.10. The minimum Gasteiger partial charge on any atom is -0.314 e. The Kier molecular flexibility index (Phi) is 3.29. The summed E-state index contributed by atoms with van der Waals surface area (Å²) in [5, 5.41) is 7.78. The van der Waals surface area contributed by atoms with Gasteiger partial charge in [0, 0.05) is 19.2 Å². The van der Waals surface area contributed by atoms with E-state index in [0.29, 0.717) is 0 Å². The van der Waals surface area contributed by atoms with Crippen LogP contribution in [0.4, 0.5) is 0 Å². The monoisotopic (exact) mass is 229 g/mol. The van der Waals surface area contributed by atoms with Crippen LogP contribution in [-0.4, -0.2) is 16.8 Å². The van der Waals surface area contributed by atoms with E-state index < -0.39 is 0 Å². The van der Waals surface area contributed by atoms with Gasteiger partial charge in [0.15, 0.2) is 0 Å². The molecule has 0 aliphatic rings. The molecule has 0 fully saturated rings. The van der Waals surface area contributed by atoms with E-state index in [-0.39, 0.29) is 0 Å². The fourth-order valence-corrected chi connectivity index (χ4v) is 2.06. The van der Waals surface area contributed by atoms with Crippen LogP contribution in [0.5, 0.6) is 0 Å². The van der Waals surface area contributed by atoms with Crippen LogP contribution in [0.1, 0.15) is 16.8 Å². The number of nitrogens with zero attached hydrogens (tertiary/aromatic N) is 2. The molecule has 17 heavy (non-hydrogen) atoms. The van der Waals surface area contributed by atoms with E-state index in [1.165, 1.54) is 22.4 Å². The summed E-state index contributed by atoms with van der Waals surface area (Å²) in [4.78, 5) is 0. The van der Waals surface area contributed by atoms with Gasteiger partial charge in [0.1, 0.15) is 0 Å². The molecule has 1 aromatic heterocycles. The maximum atomic E-state index is 4.61. The molecule has 3 nitrogen and oxygen atoms in total.